The summed E-state index contributed by atoms with van der Waals surface area (Å²) in [5, 5.41) is 0. The molecule has 6 nitrogen and oxygen atoms in total. The maximum absolute atomic E-state index is 12.1. The molecule has 24 heavy (non-hydrogen) atoms. The fourth-order valence-electron chi connectivity index (χ4n) is 3.46. The summed E-state index contributed by atoms with van der Waals surface area (Å²) in [6.07, 6.45) is 6.85. The van der Waals surface area contributed by atoms with Crippen LogP contribution >= 0.6 is 0 Å². The number of hydrogen-bond donors (Lipinski definition) is 0. The second kappa shape index (κ2) is 8.05. The Hall–Kier alpha value is -1.50. The van der Waals surface area contributed by atoms with Crippen molar-refractivity contribution in [2.24, 2.45) is 0 Å². The lowest BCUT2D eigenvalue weighted by Crippen LogP contribution is -2.46. The van der Waals surface area contributed by atoms with Gasteiger partial charge in [-0.05, 0) is 30.5 Å². The van der Waals surface area contributed by atoms with E-state index in [9.17, 15) is 4.79 Å². The van der Waals surface area contributed by atoms with E-state index in [1.54, 1.807) is 19.5 Å². The zero-order chi connectivity index (χ0) is 16.8. The molecule has 3 heterocycles. The van der Waals surface area contributed by atoms with Gasteiger partial charge in [-0.25, -0.2) is 0 Å². The highest BCUT2D eigenvalue weighted by Gasteiger charge is 2.43. The Balaban J connectivity index is 1.43. The summed E-state index contributed by atoms with van der Waals surface area (Å²) >= 11 is 0. The topological polar surface area (TPSA) is 60.9 Å². The van der Waals surface area contributed by atoms with E-state index in [-0.39, 0.29) is 17.6 Å². The minimum absolute atomic E-state index is 0.110. The molecule has 0 radical (unpaired) electrons. The van der Waals surface area contributed by atoms with Gasteiger partial charge in [0, 0.05) is 39.0 Å². The fourth-order valence-corrected chi connectivity index (χ4v) is 3.46. The summed E-state index contributed by atoms with van der Waals surface area (Å²) in [4.78, 5) is 18.0. The van der Waals surface area contributed by atoms with Crippen LogP contribution in [-0.4, -0.2) is 60.9 Å². The summed E-state index contributed by atoms with van der Waals surface area (Å²) in [7, 11) is 1.62. The highest BCUT2D eigenvalue weighted by molar-refractivity contribution is 5.76. The quantitative estimate of drug-likeness (QED) is 0.794. The van der Waals surface area contributed by atoms with E-state index in [0.29, 0.717) is 26.2 Å². The van der Waals surface area contributed by atoms with Gasteiger partial charge in [-0.3, -0.25) is 9.78 Å². The first-order valence-corrected chi connectivity index (χ1v) is 8.62. The molecule has 1 atom stereocenters. The molecule has 0 aromatic carbocycles. The van der Waals surface area contributed by atoms with Crippen molar-refractivity contribution in [3.8, 4) is 0 Å². The van der Waals surface area contributed by atoms with Crippen LogP contribution < -0.4 is 0 Å². The molecule has 0 saturated carbocycles. The first kappa shape index (κ1) is 17.3. The number of amides is 1. The van der Waals surface area contributed by atoms with Crippen LogP contribution in [0.3, 0.4) is 0 Å². The predicted molar refractivity (Wildman–Crippen MR) is 88.4 cm³/mol. The Morgan fingerprint density at radius 1 is 1.38 bits per heavy atom. The monoisotopic (exact) mass is 334 g/mol. The smallest absolute Gasteiger partial charge is 0.224 e. The summed E-state index contributed by atoms with van der Waals surface area (Å²) in [5.74, 6) is 0.176. The number of carbonyl (C=O) groups is 1. The Morgan fingerprint density at radius 2 is 2.12 bits per heavy atom. The van der Waals surface area contributed by atoms with Crippen LogP contribution in [-0.2, 0) is 25.6 Å². The molecule has 2 saturated heterocycles. The van der Waals surface area contributed by atoms with Gasteiger partial charge in [-0.2, -0.15) is 0 Å². The first-order chi connectivity index (χ1) is 11.7. The zero-order valence-corrected chi connectivity index (χ0v) is 14.3. The summed E-state index contributed by atoms with van der Waals surface area (Å²) in [6.45, 7) is 3.25. The van der Waals surface area contributed by atoms with Crippen LogP contribution in [0.4, 0.5) is 0 Å². The number of pyridine rings is 1. The van der Waals surface area contributed by atoms with Crippen LogP contribution in [0.2, 0.25) is 0 Å². The molecule has 6 heteroatoms. The molecule has 2 aliphatic rings. The number of ether oxygens (including phenoxy) is 3. The average molecular weight is 334 g/mol. The average Bonchev–Trinajstić information content (AvgIpc) is 3.02. The molecular formula is C18H26N2O4. The number of methoxy groups -OCH3 is 1. The van der Waals surface area contributed by atoms with Crippen molar-refractivity contribution in [1.29, 1.82) is 0 Å². The van der Waals surface area contributed by atoms with Gasteiger partial charge in [0.15, 0.2) is 0 Å². The SMILES string of the molecule is COCCC(=O)N1CCC2(CC1)C[C@@H](OCc1ccncc1)CO2. The zero-order valence-electron chi connectivity index (χ0n) is 14.3. The normalized spacial score (nSPS) is 22.9. The second-order valence-corrected chi connectivity index (χ2v) is 6.61. The molecule has 1 aromatic rings. The van der Waals surface area contributed by atoms with Gasteiger partial charge in [0.25, 0.3) is 0 Å². The van der Waals surface area contributed by atoms with E-state index >= 15 is 0 Å². The lowest BCUT2D eigenvalue weighted by molar-refractivity contribution is -0.136. The predicted octanol–water partition coefficient (Wildman–Crippen LogP) is 1.78. The maximum Gasteiger partial charge on any atom is 0.224 e. The Labute approximate surface area is 143 Å². The molecule has 0 unspecified atom stereocenters. The first-order valence-electron chi connectivity index (χ1n) is 8.62. The number of aromatic nitrogens is 1. The number of nitrogens with zero attached hydrogens (tertiary/aromatic N) is 2. The minimum Gasteiger partial charge on any atom is -0.384 e. The van der Waals surface area contributed by atoms with Crippen molar-refractivity contribution < 1.29 is 19.0 Å². The standard InChI is InChI=1S/C18H26N2O4/c1-22-11-4-17(21)20-9-5-18(6-10-20)12-16(14-24-18)23-13-15-2-7-19-8-3-15/h2-3,7-8,16H,4-6,9-14H2,1H3/t16-/m1/s1. The molecule has 2 fully saturated rings. The Bertz CT molecular complexity index is 529. The van der Waals surface area contributed by atoms with E-state index < -0.39 is 0 Å². The molecule has 1 amide bonds. The molecular weight excluding hydrogens is 308 g/mol. The lowest BCUT2D eigenvalue weighted by Gasteiger charge is -2.38. The van der Waals surface area contributed by atoms with E-state index in [1.165, 1.54) is 0 Å². The number of carbonyl (C=O) groups excluding carboxylic acids is 1. The summed E-state index contributed by atoms with van der Waals surface area (Å²) in [5.41, 5.74) is 1.02. The van der Waals surface area contributed by atoms with Crippen molar-refractivity contribution in [2.75, 3.05) is 33.4 Å². The van der Waals surface area contributed by atoms with Gasteiger partial charge in [0.1, 0.15) is 0 Å². The van der Waals surface area contributed by atoms with Gasteiger partial charge in [0.05, 0.1) is 37.9 Å². The number of piperidine rings is 1. The summed E-state index contributed by atoms with van der Waals surface area (Å²) < 4.78 is 17.1. The van der Waals surface area contributed by atoms with Crippen molar-refractivity contribution in [1.82, 2.24) is 9.88 Å². The second-order valence-electron chi connectivity index (χ2n) is 6.61. The third kappa shape index (κ3) is 4.32. The number of likely N-dealkylation sites (tertiary alicyclic amines) is 1. The third-order valence-corrected chi connectivity index (χ3v) is 4.96. The van der Waals surface area contributed by atoms with Crippen LogP contribution in [0.5, 0.6) is 0 Å². The Morgan fingerprint density at radius 3 is 2.83 bits per heavy atom. The van der Waals surface area contributed by atoms with Crippen LogP contribution in [0.15, 0.2) is 24.5 Å². The van der Waals surface area contributed by atoms with E-state index in [2.05, 4.69) is 4.98 Å². The van der Waals surface area contributed by atoms with Crippen molar-refractivity contribution in [3.63, 3.8) is 0 Å². The van der Waals surface area contributed by atoms with Gasteiger partial charge < -0.3 is 19.1 Å². The highest BCUT2D eigenvalue weighted by Crippen LogP contribution is 2.37. The molecule has 0 aliphatic carbocycles. The van der Waals surface area contributed by atoms with E-state index in [4.69, 9.17) is 14.2 Å². The highest BCUT2D eigenvalue weighted by atomic mass is 16.6. The van der Waals surface area contributed by atoms with Crippen molar-refractivity contribution in [3.05, 3.63) is 30.1 Å². The molecule has 2 aliphatic heterocycles. The van der Waals surface area contributed by atoms with Gasteiger partial charge in [0.2, 0.25) is 5.91 Å². The number of rotatable bonds is 6. The van der Waals surface area contributed by atoms with Gasteiger partial charge in [-0.1, -0.05) is 0 Å². The van der Waals surface area contributed by atoms with E-state index in [0.717, 1.165) is 37.9 Å². The largest absolute Gasteiger partial charge is 0.384 e. The lowest BCUT2D eigenvalue weighted by atomic mass is 9.88. The number of hydrogen-bond acceptors (Lipinski definition) is 5. The van der Waals surface area contributed by atoms with E-state index in [1.807, 2.05) is 17.0 Å². The Kier molecular flexibility index (Phi) is 5.81. The summed E-state index contributed by atoms with van der Waals surface area (Å²) in [6, 6.07) is 3.94. The molecule has 0 N–H and O–H groups in total. The molecule has 3 rings (SSSR count). The molecule has 0 bridgehead atoms. The van der Waals surface area contributed by atoms with Gasteiger partial charge in [-0.15, -0.1) is 0 Å². The van der Waals surface area contributed by atoms with Crippen LogP contribution in [0.1, 0.15) is 31.2 Å². The molecule has 1 spiro atoms. The van der Waals surface area contributed by atoms with Crippen LogP contribution in [0, 0.1) is 0 Å². The third-order valence-electron chi connectivity index (χ3n) is 4.96. The van der Waals surface area contributed by atoms with Gasteiger partial charge >= 0.3 is 0 Å². The molecule has 1 aromatic heterocycles. The molecule has 132 valence electrons. The minimum atomic E-state index is -0.110. The fraction of sp³-hybridized carbons (Fsp3) is 0.667. The van der Waals surface area contributed by atoms with Crippen molar-refractivity contribution >= 4 is 5.91 Å². The van der Waals surface area contributed by atoms with Crippen molar-refractivity contribution in [2.45, 2.75) is 44.0 Å². The maximum atomic E-state index is 12.1. The van der Waals surface area contributed by atoms with Crippen LogP contribution in [0.25, 0.3) is 0 Å².